The summed E-state index contributed by atoms with van der Waals surface area (Å²) in [6.45, 7) is 7.91. The quantitative estimate of drug-likeness (QED) is 0.0739. The van der Waals surface area contributed by atoms with E-state index in [0.717, 1.165) is 38.6 Å². The fraction of sp³-hybridized carbons (Fsp3) is 0.322. The van der Waals surface area contributed by atoms with Crippen molar-refractivity contribution < 1.29 is 64.8 Å². The predicted molar refractivity (Wildman–Crippen MR) is 283 cm³/mol. The van der Waals surface area contributed by atoms with Crippen LogP contribution < -0.4 is 24.0 Å². The molecule has 1 fully saturated rings. The van der Waals surface area contributed by atoms with E-state index in [9.17, 15) is 41.7 Å². The summed E-state index contributed by atoms with van der Waals surface area (Å²) in [5.41, 5.74) is 5.96. The Bertz CT molecular complexity index is 3980. The van der Waals surface area contributed by atoms with Crippen LogP contribution in [0.25, 0.3) is 38.9 Å². The Kier molecular flexibility index (Phi) is 12.6. The van der Waals surface area contributed by atoms with Crippen molar-refractivity contribution in [3.63, 3.8) is 0 Å². The number of ether oxygens (including phenoxy) is 5. The molecule has 406 valence electrons. The minimum Gasteiger partial charge on any atom is -0.489 e. The molecule has 5 aliphatic heterocycles. The van der Waals surface area contributed by atoms with Crippen molar-refractivity contribution in [3.05, 3.63) is 157 Å². The minimum absolute atomic E-state index is 0.0405. The maximum absolute atomic E-state index is 14.0. The highest BCUT2D eigenvalue weighted by Gasteiger charge is 2.57. The number of aryl methyl sites for hydroxylation is 2. The molecule has 0 spiro atoms. The molecule has 0 radical (unpaired) electrons. The molecule has 1 saturated heterocycles. The first-order chi connectivity index (χ1) is 37.9. The van der Waals surface area contributed by atoms with Gasteiger partial charge in [-0.3, -0.25) is 9.59 Å². The van der Waals surface area contributed by atoms with Crippen LogP contribution in [0.1, 0.15) is 96.3 Å². The average molecular weight is 1090 g/mol. The Balaban J connectivity index is 0.822. The van der Waals surface area contributed by atoms with Gasteiger partial charge in [0.25, 0.3) is 5.56 Å². The van der Waals surface area contributed by atoms with Gasteiger partial charge < -0.3 is 47.5 Å². The highest BCUT2D eigenvalue weighted by molar-refractivity contribution is 7.81. The third-order valence-corrected chi connectivity index (χ3v) is 16.5. The number of hydrogen-bond donors (Lipinski definition) is 2. The number of aromatic nitrogens is 3. The number of nitrogens with zero attached hydrogens (tertiary/aromatic N) is 4. The highest BCUT2D eigenvalue weighted by atomic mass is 32.3. The average Bonchev–Trinajstić information content (AvgIpc) is 4.22. The van der Waals surface area contributed by atoms with Gasteiger partial charge in [0, 0.05) is 38.9 Å². The lowest BCUT2D eigenvalue weighted by Gasteiger charge is -2.44. The van der Waals surface area contributed by atoms with E-state index in [1.54, 1.807) is 47.6 Å². The molecule has 12 rings (SSSR count). The first-order valence-electron chi connectivity index (χ1n) is 26.2. The maximum Gasteiger partial charge on any atom is 0.488 e. The lowest BCUT2D eigenvalue weighted by atomic mass is 9.72. The van der Waals surface area contributed by atoms with Crippen molar-refractivity contribution >= 4 is 55.9 Å². The van der Waals surface area contributed by atoms with Crippen LogP contribution in [-0.4, -0.2) is 68.1 Å². The molecular weight excluding hydrogens is 1040 g/mol. The van der Waals surface area contributed by atoms with Crippen LogP contribution >= 0.6 is 0 Å². The van der Waals surface area contributed by atoms with Crippen molar-refractivity contribution in [2.24, 2.45) is 11.8 Å². The number of aliphatic hydroxyl groups is 2. The molecule has 0 aliphatic carbocycles. The van der Waals surface area contributed by atoms with Crippen molar-refractivity contribution in [2.75, 3.05) is 6.61 Å². The minimum atomic E-state index is -5.20. The summed E-state index contributed by atoms with van der Waals surface area (Å²) < 4.78 is 71.2. The van der Waals surface area contributed by atoms with E-state index < -0.39 is 45.5 Å². The van der Waals surface area contributed by atoms with Gasteiger partial charge in [-0.15, -0.1) is 0 Å². The summed E-state index contributed by atoms with van der Waals surface area (Å²) >= 11 is 0. The number of amides is 1. The summed E-state index contributed by atoms with van der Waals surface area (Å²) in [5, 5.41) is 24.5. The molecular formula is C59H53FN4O14S. The fourth-order valence-electron chi connectivity index (χ4n) is 11.9. The molecule has 4 aromatic carbocycles. The van der Waals surface area contributed by atoms with Gasteiger partial charge in [0.1, 0.15) is 56.0 Å². The van der Waals surface area contributed by atoms with Crippen LogP contribution in [0.15, 0.2) is 95.8 Å². The number of rotatable bonds is 15. The van der Waals surface area contributed by atoms with E-state index in [-0.39, 0.29) is 87.3 Å². The lowest BCUT2D eigenvalue weighted by molar-refractivity contribution is -0.190. The zero-order valence-corrected chi connectivity index (χ0v) is 44.3. The van der Waals surface area contributed by atoms with Gasteiger partial charge in [-0.05, 0) is 115 Å². The van der Waals surface area contributed by atoms with Crippen LogP contribution in [-0.2, 0) is 92.3 Å². The van der Waals surface area contributed by atoms with Gasteiger partial charge >= 0.3 is 22.4 Å². The Labute approximate surface area is 452 Å². The summed E-state index contributed by atoms with van der Waals surface area (Å²) in [5.74, 6) is -1.79. The van der Waals surface area contributed by atoms with Crippen LogP contribution in [0.2, 0.25) is 0 Å². The maximum atomic E-state index is 14.0. The molecule has 2 N–H and O–H groups in total. The Hall–Kier alpha value is -8.20. The zero-order chi connectivity index (χ0) is 55.3. The van der Waals surface area contributed by atoms with E-state index in [4.69, 9.17) is 33.7 Å². The molecule has 4 atom stereocenters. The Morgan fingerprint density at radius 2 is 1.33 bits per heavy atom. The van der Waals surface area contributed by atoms with E-state index >= 15 is 0 Å². The first kappa shape index (κ1) is 51.6. The van der Waals surface area contributed by atoms with Crippen LogP contribution in [0.3, 0.4) is 0 Å². The van der Waals surface area contributed by atoms with Crippen molar-refractivity contribution in [1.82, 2.24) is 19.4 Å². The Morgan fingerprint density at radius 3 is 1.99 bits per heavy atom. The smallest absolute Gasteiger partial charge is 0.488 e. The number of fused-ring (bicyclic) bond motifs is 10. The third-order valence-electron chi connectivity index (χ3n) is 16.1. The predicted octanol–water partition coefficient (Wildman–Crippen LogP) is 7.71. The number of benzene rings is 4. The molecule has 18 nitrogen and oxygen atoms in total. The number of esters is 2. The molecule has 7 aromatic rings. The summed E-state index contributed by atoms with van der Waals surface area (Å²) in [7, 11) is -5.20. The highest BCUT2D eigenvalue weighted by Crippen LogP contribution is 2.48. The number of carbonyl (C=O) groups is 3. The standard InChI is InChI=1S/C59H53FN4O14S/c1-5-37-39-20-35(14-16-47(39)61-52-41(37)24-63-49(52)22-45-43(54(63)65)29-76-56(67)58(45,69)7-3)73-27-32-11-18-51(75-26-31-9-12-34(13-10-31)78-79(60,71)72)33(19-32)28-74-36-15-17-48-40(21-36)38(6-2)42-25-64-50(53(42)62-48)23-46-44(55(64)66)30-77-57(68)59(46,70)8-4/h9-23,44,46,69-70H,5-8,24-30H2,1-4H3/t44?,46?,58-,59-/m0/s1. The van der Waals surface area contributed by atoms with Crippen LogP contribution in [0.5, 0.6) is 23.0 Å². The van der Waals surface area contributed by atoms with Crippen molar-refractivity contribution in [3.8, 4) is 34.4 Å². The molecule has 79 heavy (non-hydrogen) atoms. The number of halogens is 1. The molecule has 8 heterocycles. The molecule has 0 bridgehead atoms. The fourth-order valence-corrected chi connectivity index (χ4v) is 12.2. The van der Waals surface area contributed by atoms with Crippen molar-refractivity contribution in [1.29, 1.82) is 0 Å². The topological polar surface area (TPSA) is 232 Å². The van der Waals surface area contributed by atoms with E-state index in [1.165, 1.54) is 12.1 Å². The monoisotopic (exact) mass is 1090 g/mol. The molecule has 0 saturated carbocycles. The largest absolute Gasteiger partial charge is 0.489 e. The van der Waals surface area contributed by atoms with Gasteiger partial charge in [0.15, 0.2) is 11.2 Å². The van der Waals surface area contributed by atoms with E-state index in [1.807, 2.05) is 68.5 Å². The third kappa shape index (κ3) is 8.63. The van der Waals surface area contributed by atoms with E-state index in [0.29, 0.717) is 75.0 Å². The number of hydrogen-bond acceptors (Lipinski definition) is 16. The molecule has 3 aromatic heterocycles. The van der Waals surface area contributed by atoms with Gasteiger partial charge in [0.05, 0.1) is 58.4 Å². The molecule has 20 heteroatoms. The summed E-state index contributed by atoms with van der Waals surface area (Å²) in [6, 6.07) is 24.3. The second-order valence-corrected chi connectivity index (χ2v) is 21.4. The lowest BCUT2D eigenvalue weighted by Crippen LogP contribution is -2.58. The normalized spacial score (nSPS) is 20.8. The number of carbonyl (C=O) groups excluding carboxylic acids is 3. The number of cyclic esters (lactones) is 2. The molecule has 2 unspecified atom stereocenters. The first-order valence-corrected chi connectivity index (χ1v) is 27.5. The second-order valence-electron chi connectivity index (χ2n) is 20.4. The zero-order valence-electron chi connectivity index (χ0n) is 43.5. The summed E-state index contributed by atoms with van der Waals surface area (Å²) in [4.78, 5) is 65.2. The number of pyridine rings is 3. The summed E-state index contributed by atoms with van der Waals surface area (Å²) in [6.07, 6.45) is 3.18. The van der Waals surface area contributed by atoms with Gasteiger partial charge in [-0.1, -0.05) is 55.9 Å². The van der Waals surface area contributed by atoms with E-state index in [2.05, 4.69) is 4.18 Å². The Morgan fingerprint density at radius 1 is 0.696 bits per heavy atom. The van der Waals surface area contributed by atoms with Crippen LogP contribution in [0, 0.1) is 11.8 Å². The van der Waals surface area contributed by atoms with Gasteiger partial charge in [-0.2, -0.15) is 8.42 Å². The molecule has 5 aliphatic rings. The SMILES string of the molecule is CCc1c2c(nc3ccc(OCc4cc(COc5ccc6nc7c(c(CC)c6c5)Cn5c-7cc6c(c5=O)COC(=O)[C@]6(O)CC)ccc4OCc4ccc(OS(=O)(=O)F)cc4)cc13)C1=CC3C(COC(=O)[C@]3(O)CC)C(=O)N1C2. The second kappa shape index (κ2) is 19.3. The molecule has 1 amide bonds. The van der Waals surface area contributed by atoms with Gasteiger partial charge in [-0.25, -0.2) is 19.6 Å². The van der Waals surface area contributed by atoms with Crippen LogP contribution in [0.4, 0.5) is 3.89 Å². The van der Waals surface area contributed by atoms with Crippen molar-refractivity contribution in [2.45, 2.75) is 104 Å². The van der Waals surface area contributed by atoms with Gasteiger partial charge in [0.2, 0.25) is 5.91 Å².